The number of para-hydroxylation sites is 1. The third-order valence-corrected chi connectivity index (χ3v) is 5.95. The highest BCUT2D eigenvalue weighted by Gasteiger charge is 2.20. The molecule has 2 saturated heterocycles. The Kier molecular flexibility index (Phi) is 7.56. The second-order valence-electron chi connectivity index (χ2n) is 7.74. The number of benzene rings is 1. The minimum Gasteiger partial charge on any atom is -0.378 e. The number of carbonyl (C=O) groups is 1. The lowest BCUT2D eigenvalue weighted by atomic mass is 10.2. The summed E-state index contributed by atoms with van der Waals surface area (Å²) >= 11 is 6.19. The highest BCUT2D eigenvalue weighted by molar-refractivity contribution is 6.33. The molecule has 4 rings (SSSR count). The topological polar surface area (TPSA) is 73.8 Å². The molecular weight excluding hydrogens is 416 g/mol. The van der Waals surface area contributed by atoms with Crippen molar-refractivity contribution in [1.29, 1.82) is 0 Å². The fraction of sp³-hybridized carbons (Fsp3) is 0.500. The number of nitrogens with one attached hydrogen (secondary N) is 1. The number of carbonyl (C=O) groups excluding carboxylic acids is 1. The Labute approximate surface area is 188 Å². The standard InChI is InChI=1S/C22H29ClN6O2/c23-19-17-25-22(29-13-15-31-16-14-29)26-20(19)21(30)24-7-4-8-27-9-11-28(12-10-27)18-5-2-1-3-6-18/h1-3,5-6,17H,4,7-16H2,(H,24,30). The molecule has 0 atom stereocenters. The smallest absolute Gasteiger partial charge is 0.271 e. The van der Waals surface area contributed by atoms with Crippen molar-refractivity contribution in [2.45, 2.75) is 6.42 Å². The van der Waals surface area contributed by atoms with Crippen molar-refractivity contribution in [2.75, 3.05) is 75.4 Å². The molecule has 3 heterocycles. The first-order valence-electron chi connectivity index (χ1n) is 10.9. The van der Waals surface area contributed by atoms with Crippen molar-refractivity contribution in [1.82, 2.24) is 20.2 Å². The molecular formula is C22H29ClN6O2. The van der Waals surface area contributed by atoms with Crippen molar-refractivity contribution in [3.05, 3.63) is 47.2 Å². The third-order valence-electron chi connectivity index (χ3n) is 5.67. The van der Waals surface area contributed by atoms with Crippen molar-refractivity contribution >= 4 is 29.1 Å². The lowest BCUT2D eigenvalue weighted by Crippen LogP contribution is -2.47. The van der Waals surface area contributed by atoms with Gasteiger partial charge < -0.3 is 19.9 Å². The average molecular weight is 445 g/mol. The Morgan fingerprint density at radius 2 is 1.77 bits per heavy atom. The van der Waals surface area contributed by atoms with Gasteiger partial charge in [0.15, 0.2) is 5.69 Å². The summed E-state index contributed by atoms with van der Waals surface area (Å²) < 4.78 is 5.36. The van der Waals surface area contributed by atoms with Gasteiger partial charge >= 0.3 is 0 Å². The molecule has 166 valence electrons. The summed E-state index contributed by atoms with van der Waals surface area (Å²) in [6.07, 6.45) is 2.39. The zero-order chi connectivity index (χ0) is 21.5. The van der Waals surface area contributed by atoms with Gasteiger partial charge in [0.05, 0.1) is 24.4 Å². The fourth-order valence-corrected chi connectivity index (χ4v) is 4.07. The van der Waals surface area contributed by atoms with E-state index in [-0.39, 0.29) is 16.6 Å². The lowest BCUT2D eigenvalue weighted by molar-refractivity contribution is 0.0946. The highest BCUT2D eigenvalue weighted by atomic mass is 35.5. The molecule has 0 radical (unpaired) electrons. The molecule has 2 aliphatic heterocycles. The number of hydrogen-bond donors (Lipinski definition) is 1. The van der Waals surface area contributed by atoms with Crippen LogP contribution in [-0.4, -0.2) is 86.3 Å². The quantitative estimate of drug-likeness (QED) is 0.654. The Morgan fingerprint density at radius 3 is 2.52 bits per heavy atom. The van der Waals surface area contributed by atoms with Gasteiger partial charge in [0.2, 0.25) is 5.95 Å². The Hall–Kier alpha value is -2.42. The maximum atomic E-state index is 12.6. The number of morpholine rings is 1. The Morgan fingerprint density at radius 1 is 1.03 bits per heavy atom. The second kappa shape index (κ2) is 10.7. The fourth-order valence-electron chi connectivity index (χ4n) is 3.89. The first-order chi connectivity index (χ1) is 15.2. The van der Waals surface area contributed by atoms with Crippen LogP contribution in [0.25, 0.3) is 0 Å². The van der Waals surface area contributed by atoms with E-state index in [0.29, 0.717) is 38.8 Å². The van der Waals surface area contributed by atoms with Gasteiger partial charge in [-0.15, -0.1) is 0 Å². The van der Waals surface area contributed by atoms with Crippen LogP contribution in [0.3, 0.4) is 0 Å². The predicted octanol–water partition coefficient (Wildman–Crippen LogP) is 1.91. The summed E-state index contributed by atoms with van der Waals surface area (Å²) in [4.78, 5) is 28.1. The van der Waals surface area contributed by atoms with Gasteiger partial charge in [0.25, 0.3) is 5.91 Å². The average Bonchev–Trinajstić information content (AvgIpc) is 2.83. The van der Waals surface area contributed by atoms with E-state index in [0.717, 1.165) is 39.1 Å². The molecule has 0 bridgehead atoms. The van der Waals surface area contributed by atoms with Crippen LogP contribution in [-0.2, 0) is 4.74 Å². The van der Waals surface area contributed by atoms with Crippen molar-refractivity contribution in [2.24, 2.45) is 0 Å². The number of anilines is 2. The van der Waals surface area contributed by atoms with Gasteiger partial charge in [-0.25, -0.2) is 9.97 Å². The van der Waals surface area contributed by atoms with E-state index in [9.17, 15) is 4.79 Å². The number of halogens is 1. The number of piperazine rings is 1. The molecule has 2 aromatic rings. The maximum absolute atomic E-state index is 12.6. The summed E-state index contributed by atoms with van der Waals surface area (Å²) in [7, 11) is 0. The van der Waals surface area contributed by atoms with E-state index >= 15 is 0 Å². The van der Waals surface area contributed by atoms with Crippen molar-refractivity contribution in [3.8, 4) is 0 Å². The summed E-state index contributed by atoms with van der Waals surface area (Å²) in [5.74, 6) is 0.268. The summed E-state index contributed by atoms with van der Waals surface area (Å²) in [5.41, 5.74) is 1.52. The van der Waals surface area contributed by atoms with E-state index in [2.05, 4.69) is 49.4 Å². The predicted molar refractivity (Wildman–Crippen MR) is 122 cm³/mol. The number of aromatic nitrogens is 2. The van der Waals surface area contributed by atoms with Crippen molar-refractivity contribution in [3.63, 3.8) is 0 Å². The van der Waals surface area contributed by atoms with E-state index in [1.807, 2.05) is 11.0 Å². The molecule has 31 heavy (non-hydrogen) atoms. The van der Waals surface area contributed by atoms with E-state index < -0.39 is 0 Å². The van der Waals surface area contributed by atoms with Crippen molar-refractivity contribution < 1.29 is 9.53 Å². The minimum atomic E-state index is -0.254. The zero-order valence-corrected chi connectivity index (χ0v) is 18.4. The first kappa shape index (κ1) is 21.8. The van der Waals surface area contributed by atoms with Crippen LogP contribution in [0, 0.1) is 0 Å². The lowest BCUT2D eigenvalue weighted by Gasteiger charge is -2.36. The molecule has 0 unspecified atom stereocenters. The Balaban J connectivity index is 1.20. The normalized spacial score (nSPS) is 17.6. The molecule has 1 aromatic carbocycles. The summed E-state index contributed by atoms with van der Waals surface area (Å²) in [6.45, 7) is 8.34. The molecule has 2 fully saturated rings. The minimum absolute atomic E-state index is 0.231. The molecule has 1 N–H and O–H groups in total. The number of ether oxygens (including phenoxy) is 1. The first-order valence-corrected chi connectivity index (χ1v) is 11.2. The third kappa shape index (κ3) is 5.84. The van der Waals surface area contributed by atoms with Crippen LogP contribution < -0.4 is 15.1 Å². The molecule has 2 aliphatic rings. The number of hydrogen-bond acceptors (Lipinski definition) is 7. The largest absolute Gasteiger partial charge is 0.378 e. The summed E-state index contributed by atoms with van der Waals surface area (Å²) in [6, 6.07) is 10.5. The molecule has 0 saturated carbocycles. The SMILES string of the molecule is O=C(NCCCN1CCN(c2ccccc2)CC1)c1nc(N2CCOCC2)ncc1Cl. The van der Waals surface area contributed by atoms with Crippen LogP contribution in [0.4, 0.5) is 11.6 Å². The maximum Gasteiger partial charge on any atom is 0.271 e. The zero-order valence-electron chi connectivity index (χ0n) is 17.7. The molecule has 9 heteroatoms. The van der Waals surface area contributed by atoms with E-state index in [4.69, 9.17) is 16.3 Å². The monoisotopic (exact) mass is 444 g/mol. The van der Waals surface area contributed by atoms with Gasteiger partial charge in [0, 0.05) is 51.5 Å². The summed E-state index contributed by atoms with van der Waals surface area (Å²) in [5, 5.41) is 3.22. The molecule has 8 nitrogen and oxygen atoms in total. The van der Waals surface area contributed by atoms with Crippen LogP contribution >= 0.6 is 11.6 Å². The van der Waals surface area contributed by atoms with Crippen LogP contribution in [0.15, 0.2) is 36.5 Å². The van der Waals surface area contributed by atoms with Gasteiger partial charge in [-0.1, -0.05) is 29.8 Å². The Bertz CT molecular complexity index is 854. The van der Waals surface area contributed by atoms with E-state index in [1.165, 1.54) is 11.9 Å². The van der Waals surface area contributed by atoms with Crippen LogP contribution in [0.5, 0.6) is 0 Å². The molecule has 0 aliphatic carbocycles. The van der Waals surface area contributed by atoms with E-state index in [1.54, 1.807) is 0 Å². The molecule has 0 spiro atoms. The van der Waals surface area contributed by atoms with Gasteiger partial charge in [0.1, 0.15) is 0 Å². The van der Waals surface area contributed by atoms with Gasteiger partial charge in [-0.2, -0.15) is 0 Å². The van der Waals surface area contributed by atoms with Gasteiger partial charge in [-0.05, 0) is 25.1 Å². The number of rotatable bonds is 7. The van der Waals surface area contributed by atoms with Gasteiger partial charge in [-0.3, -0.25) is 9.69 Å². The number of nitrogens with zero attached hydrogens (tertiary/aromatic N) is 5. The molecule has 1 amide bonds. The highest BCUT2D eigenvalue weighted by Crippen LogP contribution is 2.18. The second-order valence-corrected chi connectivity index (χ2v) is 8.15. The molecule has 1 aromatic heterocycles. The van der Waals surface area contributed by atoms with Crippen LogP contribution in [0.1, 0.15) is 16.9 Å². The number of amides is 1. The van der Waals surface area contributed by atoms with Crippen LogP contribution in [0.2, 0.25) is 5.02 Å².